The lowest BCUT2D eigenvalue weighted by Gasteiger charge is -2.45. The van der Waals surface area contributed by atoms with Gasteiger partial charge in [-0.3, -0.25) is 20.4 Å². The molecule has 2 spiro atoms. The minimum absolute atomic E-state index is 0.113. The molecule has 1 saturated carbocycles. The highest BCUT2D eigenvalue weighted by atomic mass is 19.4. The number of fused-ring (bicyclic) bond motifs is 3. The Bertz CT molecular complexity index is 1250. The van der Waals surface area contributed by atoms with Gasteiger partial charge in [0.15, 0.2) is 11.5 Å². The molecule has 37 heavy (non-hydrogen) atoms. The van der Waals surface area contributed by atoms with Crippen LogP contribution in [0, 0.1) is 5.41 Å². The monoisotopic (exact) mass is 519 g/mol. The van der Waals surface area contributed by atoms with Crippen LogP contribution in [0.2, 0.25) is 0 Å². The van der Waals surface area contributed by atoms with Gasteiger partial charge >= 0.3 is 6.18 Å². The number of aromatic nitrogens is 1. The minimum Gasteiger partial charge on any atom is -0.369 e. The number of ether oxygens (including phenoxy) is 1. The van der Waals surface area contributed by atoms with Crippen molar-refractivity contribution in [3.8, 4) is 11.1 Å². The van der Waals surface area contributed by atoms with E-state index in [-0.39, 0.29) is 29.6 Å². The molecule has 0 radical (unpaired) electrons. The van der Waals surface area contributed by atoms with Crippen molar-refractivity contribution in [2.24, 2.45) is 21.9 Å². The molecule has 4 N–H and O–H groups in total. The minimum atomic E-state index is -4.54. The first-order valence-electron chi connectivity index (χ1n) is 12.3. The fourth-order valence-electron chi connectivity index (χ4n) is 6.35. The Balaban J connectivity index is 1.62. The van der Waals surface area contributed by atoms with Crippen molar-refractivity contribution in [1.29, 1.82) is 0 Å². The maximum Gasteiger partial charge on any atom is 0.417 e. The topological polar surface area (TPSA) is 107 Å². The van der Waals surface area contributed by atoms with Crippen molar-refractivity contribution < 1.29 is 27.1 Å². The van der Waals surface area contributed by atoms with Crippen molar-refractivity contribution in [3.05, 3.63) is 53.3 Å². The van der Waals surface area contributed by atoms with Crippen molar-refractivity contribution in [2.45, 2.75) is 76.3 Å². The van der Waals surface area contributed by atoms with Gasteiger partial charge in [-0.1, -0.05) is 12.1 Å². The fraction of sp³-hybridized carbons (Fsp3) is 0.500. The SMILES string of the molecule is CC(C)N1C(=O)C2(N=C1N)c1cc(-c3cncc(C(F)(F)F)c3)ccc1CC21CCC(OC(N)F)CC1. The molecule has 2 atom stereocenters. The predicted molar refractivity (Wildman–Crippen MR) is 129 cm³/mol. The molecule has 11 heteroatoms. The molecule has 1 aromatic carbocycles. The van der Waals surface area contributed by atoms with Gasteiger partial charge in [-0.15, -0.1) is 0 Å². The second-order valence-electron chi connectivity index (χ2n) is 10.4. The number of guanidine groups is 1. The number of nitrogens with zero attached hydrogens (tertiary/aromatic N) is 3. The summed E-state index contributed by atoms with van der Waals surface area (Å²) in [4.78, 5) is 24.3. The molecule has 0 saturated heterocycles. The normalized spacial score (nSPS) is 28.3. The molecule has 2 aromatic rings. The Morgan fingerprint density at radius 2 is 1.84 bits per heavy atom. The van der Waals surface area contributed by atoms with E-state index in [1.165, 1.54) is 11.1 Å². The Kier molecular flexibility index (Phi) is 6.06. The zero-order chi connectivity index (χ0) is 26.8. The van der Waals surface area contributed by atoms with Crippen LogP contribution in [0.1, 0.15) is 56.2 Å². The summed E-state index contributed by atoms with van der Waals surface area (Å²) in [7, 11) is 0. The average molecular weight is 520 g/mol. The van der Waals surface area contributed by atoms with Gasteiger partial charge in [-0.05, 0) is 74.8 Å². The molecule has 2 heterocycles. The van der Waals surface area contributed by atoms with Gasteiger partial charge in [0.1, 0.15) is 0 Å². The molecule has 5 rings (SSSR count). The van der Waals surface area contributed by atoms with E-state index in [1.54, 1.807) is 12.1 Å². The second-order valence-corrected chi connectivity index (χ2v) is 10.4. The summed E-state index contributed by atoms with van der Waals surface area (Å²) in [5, 5.41) is 0. The average Bonchev–Trinajstić information content (AvgIpc) is 3.25. The third-order valence-corrected chi connectivity index (χ3v) is 7.98. The molecule has 1 fully saturated rings. The summed E-state index contributed by atoms with van der Waals surface area (Å²) >= 11 is 0. The van der Waals surface area contributed by atoms with Crippen molar-refractivity contribution in [3.63, 3.8) is 0 Å². The van der Waals surface area contributed by atoms with E-state index >= 15 is 0 Å². The van der Waals surface area contributed by atoms with E-state index < -0.39 is 29.2 Å². The van der Waals surface area contributed by atoms with Gasteiger partial charge in [-0.2, -0.15) is 17.6 Å². The number of nitrogens with two attached hydrogens (primary N) is 2. The Labute approximate surface area is 211 Å². The zero-order valence-corrected chi connectivity index (χ0v) is 20.6. The lowest BCUT2D eigenvalue weighted by molar-refractivity contribution is -0.143. The van der Waals surface area contributed by atoms with Crippen LogP contribution >= 0.6 is 0 Å². The number of rotatable bonds is 4. The largest absolute Gasteiger partial charge is 0.417 e. The Morgan fingerprint density at radius 3 is 2.43 bits per heavy atom. The first-order chi connectivity index (χ1) is 17.4. The smallest absolute Gasteiger partial charge is 0.369 e. The van der Waals surface area contributed by atoms with Crippen LogP contribution in [0.4, 0.5) is 17.6 Å². The van der Waals surface area contributed by atoms with Crippen LogP contribution in [0.3, 0.4) is 0 Å². The number of hydrogen-bond donors (Lipinski definition) is 2. The van der Waals surface area contributed by atoms with Gasteiger partial charge < -0.3 is 10.5 Å². The molecule has 1 amide bonds. The van der Waals surface area contributed by atoms with E-state index in [0.29, 0.717) is 43.2 Å². The summed E-state index contributed by atoms with van der Waals surface area (Å²) in [6.45, 7) is 1.82. The van der Waals surface area contributed by atoms with Crippen LogP contribution in [-0.4, -0.2) is 40.4 Å². The Morgan fingerprint density at radius 1 is 1.14 bits per heavy atom. The molecule has 2 unspecified atom stereocenters. The van der Waals surface area contributed by atoms with Gasteiger partial charge in [0.05, 0.1) is 11.7 Å². The number of hydrogen-bond acceptors (Lipinski definition) is 6. The number of alkyl halides is 4. The lowest BCUT2D eigenvalue weighted by atomic mass is 9.61. The molecule has 1 aliphatic heterocycles. The summed E-state index contributed by atoms with van der Waals surface area (Å²) in [5.74, 6) is -0.137. The third-order valence-electron chi connectivity index (χ3n) is 7.98. The van der Waals surface area contributed by atoms with Crippen LogP contribution in [0.5, 0.6) is 0 Å². The van der Waals surface area contributed by atoms with Crippen molar-refractivity contribution >= 4 is 11.9 Å². The molecular weight excluding hydrogens is 490 g/mol. The number of aliphatic imine (C=N–C) groups is 1. The van der Waals surface area contributed by atoms with Gasteiger partial charge in [0.25, 0.3) is 12.4 Å². The third kappa shape index (κ3) is 3.99. The van der Waals surface area contributed by atoms with Crippen LogP contribution in [0.15, 0.2) is 41.7 Å². The van der Waals surface area contributed by atoms with Gasteiger partial charge in [-0.25, -0.2) is 4.99 Å². The first kappa shape index (κ1) is 25.6. The summed E-state index contributed by atoms with van der Waals surface area (Å²) in [6.07, 6.45) is -0.212. The highest BCUT2D eigenvalue weighted by Gasteiger charge is 2.67. The maximum atomic E-state index is 14.2. The standard InChI is InChI=1S/C26H29F4N5O2/c1-14(2)35-21(36)25(34-23(35)32)20-10-15(17-9-18(13-33-12-17)26(28,29)30)3-4-16(20)11-24(25)7-5-19(6-8-24)37-22(27)31/h3-4,9-10,12-14,19,22H,5-8,11,31H2,1-2H3,(H2,32,34). The lowest BCUT2D eigenvalue weighted by Crippen LogP contribution is -2.53. The second kappa shape index (κ2) is 8.76. The van der Waals surface area contributed by atoms with Crippen LogP contribution < -0.4 is 11.5 Å². The molecule has 3 aliphatic rings. The Hall–Kier alpha value is -3.05. The number of carbonyl (C=O) groups excluding carboxylic acids is 1. The highest BCUT2D eigenvalue weighted by molar-refractivity contribution is 6.08. The molecule has 0 bridgehead atoms. The van der Waals surface area contributed by atoms with Crippen LogP contribution in [-0.2, 0) is 27.7 Å². The molecule has 2 aliphatic carbocycles. The summed E-state index contributed by atoms with van der Waals surface area (Å²) in [5.41, 5.74) is 11.0. The summed E-state index contributed by atoms with van der Waals surface area (Å²) < 4.78 is 58.5. The molecule has 1 aromatic heterocycles. The van der Waals surface area contributed by atoms with E-state index in [2.05, 4.69) is 4.98 Å². The van der Waals surface area contributed by atoms with E-state index in [0.717, 1.165) is 17.8 Å². The van der Waals surface area contributed by atoms with Crippen LogP contribution in [0.25, 0.3) is 11.1 Å². The number of halogens is 4. The zero-order valence-electron chi connectivity index (χ0n) is 20.6. The van der Waals surface area contributed by atoms with Crippen molar-refractivity contribution in [1.82, 2.24) is 9.88 Å². The molecular formula is C26H29F4N5O2. The van der Waals surface area contributed by atoms with E-state index in [4.69, 9.17) is 21.2 Å². The number of carbonyl (C=O) groups is 1. The highest BCUT2D eigenvalue weighted by Crippen LogP contribution is 2.62. The maximum absolute atomic E-state index is 14.2. The number of pyridine rings is 1. The van der Waals surface area contributed by atoms with Gasteiger partial charge in [0.2, 0.25) is 0 Å². The predicted octanol–water partition coefficient (Wildman–Crippen LogP) is 4.24. The first-order valence-corrected chi connectivity index (χ1v) is 12.3. The molecule has 198 valence electrons. The van der Waals surface area contributed by atoms with Gasteiger partial charge in [0, 0.05) is 29.4 Å². The van der Waals surface area contributed by atoms with Crippen molar-refractivity contribution in [2.75, 3.05) is 0 Å². The molecule has 7 nitrogen and oxygen atoms in total. The number of benzene rings is 1. The van der Waals surface area contributed by atoms with E-state index in [1.807, 2.05) is 19.9 Å². The number of amides is 1. The summed E-state index contributed by atoms with van der Waals surface area (Å²) in [6, 6.07) is 6.14. The quantitative estimate of drug-likeness (QED) is 0.357. The fourth-order valence-corrected chi connectivity index (χ4v) is 6.35. The van der Waals surface area contributed by atoms with E-state index in [9.17, 15) is 22.4 Å².